The van der Waals surface area contributed by atoms with Crippen molar-refractivity contribution in [2.24, 2.45) is 0 Å². The average molecular weight is 305 g/mol. The number of methoxy groups -OCH3 is 1. The molecule has 2 aromatic rings. The van der Waals surface area contributed by atoms with Gasteiger partial charge in [0.2, 0.25) is 0 Å². The van der Waals surface area contributed by atoms with Gasteiger partial charge in [0.05, 0.1) is 26.5 Å². The van der Waals surface area contributed by atoms with Crippen LogP contribution in [-0.2, 0) is 17.8 Å². The quantitative estimate of drug-likeness (QED) is 0.684. The van der Waals surface area contributed by atoms with E-state index in [1.165, 1.54) is 0 Å². The van der Waals surface area contributed by atoms with Crippen LogP contribution in [-0.4, -0.2) is 26.9 Å². The molecule has 0 radical (unpaired) electrons. The summed E-state index contributed by atoms with van der Waals surface area (Å²) in [4.78, 5) is 0. The smallest absolute Gasteiger partial charge is 0.161 e. The molecule has 1 N–H and O–H groups in total. The van der Waals surface area contributed by atoms with E-state index in [1.54, 1.807) is 13.4 Å². The fraction of sp³-hybridized carbons (Fsp3) is 0.412. The Labute approximate surface area is 131 Å². The molecule has 5 heteroatoms. The summed E-state index contributed by atoms with van der Waals surface area (Å²) in [7, 11) is 1.64. The van der Waals surface area contributed by atoms with Gasteiger partial charge in [-0.25, -0.2) is 0 Å². The molecule has 0 fully saturated rings. The van der Waals surface area contributed by atoms with E-state index in [1.807, 2.05) is 37.3 Å². The molecule has 0 saturated carbocycles. The molecule has 0 aliphatic rings. The first-order valence-electron chi connectivity index (χ1n) is 7.44. The number of furan rings is 1. The van der Waals surface area contributed by atoms with Crippen LogP contribution < -0.4 is 14.8 Å². The Morgan fingerprint density at radius 3 is 2.73 bits per heavy atom. The van der Waals surface area contributed by atoms with Crippen molar-refractivity contribution >= 4 is 0 Å². The molecule has 0 aliphatic heterocycles. The topological polar surface area (TPSA) is 52.9 Å². The first-order valence-corrected chi connectivity index (χ1v) is 7.44. The van der Waals surface area contributed by atoms with Crippen molar-refractivity contribution < 1.29 is 18.6 Å². The van der Waals surface area contributed by atoms with Gasteiger partial charge in [-0.3, -0.25) is 0 Å². The number of benzene rings is 1. The Bertz CT molecular complexity index is 540. The number of rotatable bonds is 10. The zero-order valence-electron chi connectivity index (χ0n) is 13.1. The van der Waals surface area contributed by atoms with Crippen molar-refractivity contribution in [2.75, 3.05) is 26.9 Å². The second-order valence-electron chi connectivity index (χ2n) is 4.71. The molecule has 0 amide bonds. The Kier molecular flexibility index (Phi) is 6.80. The summed E-state index contributed by atoms with van der Waals surface area (Å²) >= 11 is 0. The molecule has 0 saturated heterocycles. The van der Waals surface area contributed by atoms with E-state index in [-0.39, 0.29) is 0 Å². The summed E-state index contributed by atoms with van der Waals surface area (Å²) in [6.45, 7) is 5.18. The largest absolute Gasteiger partial charge is 0.493 e. The molecule has 0 unspecified atom stereocenters. The van der Waals surface area contributed by atoms with E-state index in [9.17, 15) is 0 Å². The summed E-state index contributed by atoms with van der Waals surface area (Å²) < 4.78 is 21.6. The predicted octanol–water partition coefficient (Wildman–Crippen LogP) is 2.99. The minimum absolute atomic E-state index is 0.514. The van der Waals surface area contributed by atoms with E-state index in [4.69, 9.17) is 18.6 Å². The normalized spacial score (nSPS) is 10.6. The molecule has 1 aromatic heterocycles. The van der Waals surface area contributed by atoms with Crippen LogP contribution in [0.3, 0.4) is 0 Å². The zero-order chi connectivity index (χ0) is 15.6. The minimum atomic E-state index is 0.514. The lowest BCUT2D eigenvalue weighted by Gasteiger charge is -2.12. The third-order valence-electron chi connectivity index (χ3n) is 3.13. The Hall–Kier alpha value is -1.98. The summed E-state index contributed by atoms with van der Waals surface area (Å²) in [5.41, 5.74) is 1.13. The highest BCUT2D eigenvalue weighted by Crippen LogP contribution is 2.28. The molecule has 2 rings (SSSR count). The van der Waals surface area contributed by atoms with Crippen LogP contribution in [0.2, 0.25) is 0 Å². The van der Waals surface area contributed by atoms with E-state index in [2.05, 4.69) is 5.32 Å². The molecule has 120 valence electrons. The Balaban J connectivity index is 1.84. The predicted molar refractivity (Wildman–Crippen MR) is 84.2 cm³/mol. The van der Waals surface area contributed by atoms with Gasteiger partial charge in [-0.05, 0) is 36.8 Å². The second kappa shape index (κ2) is 9.12. The van der Waals surface area contributed by atoms with E-state index < -0.39 is 0 Å². The highest BCUT2D eigenvalue weighted by molar-refractivity contribution is 5.42. The molecular formula is C17H23NO4. The van der Waals surface area contributed by atoms with Gasteiger partial charge in [0, 0.05) is 13.2 Å². The van der Waals surface area contributed by atoms with Gasteiger partial charge in [0.25, 0.3) is 0 Å². The lowest BCUT2D eigenvalue weighted by atomic mass is 10.2. The van der Waals surface area contributed by atoms with Crippen LogP contribution in [0.4, 0.5) is 0 Å². The van der Waals surface area contributed by atoms with Crippen molar-refractivity contribution in [1.29, 1.82) is 0 Å². The first kappa shape index (κ1) is 16.4. The number of hydrogen-bond acceptors (Lipinski definition) is 5. The van der Waals surface area contributed by atoms with Crippen molar-refractivity contribution in [1.82, 2.24) is 5.32 Å². The average Bonchev–Trinajstić information content (AvgIpc) is 3.05. The summed E-state index contributed by atoms with van der Waals surface area (Å²) in [5.74, 6) is 2.38. The Morgan fingerprint density at radius 2 is 2.00 bits per heavy atom. The summed E-state index contributed by atoms with van der Waals surface area (Å²) in [6.07, 6.45) is 1.68. The van der Waals surface area contributed by atoms with Gasteiger partial charge in [0.15, 0.2) is 11.5 Å². The monoisotopic (exact) mass is 305 g/mol. The highest BCUT2D eigenvalue weighted by atomic mass is 16.5. The van der Waals surface area contributed by atoms with Gasteiger partial charge in [-0.15, -0.1) is 0 Å². The highest BCUT2D eigenvalue weighted by Gasteiger charge is 2.06. The molecule has 0 aliphatic carbocycles. The van der Waals surface area contributed by atoms with Crippen LogP contribution in [0.1, 0.15) is 18.2 Å². The number of nitrogens with one attached hydrogen (secondary N) is 1. The maximum Gasteiger partial charge on any atom is 0.161 e. The SMILES string of the molecule is CCOCCOc1ccc(CNCc2ccco2)cc1OC. The van der Waals surface area contributed by atoms with E-state index in [0.29, 0.717) is 26.4 Å². The third kappa shape index (κ3) is 5.09. The van der Waals surface area contributed by atoms with Crippen LogP contribution >= 0.6 is 0 Å². The van der Waals surface area contributed by atoms with Crippen LogP contribution in [0.5, 0.6) is 11.5 Å². The van der Waals surface area contributed by atoms with Crippen LogP contribution in [0.25, 0.3) is 0 Å². The molecule has 1 heterocycles. The fourth-order valence-electron chi connectivity index (χ4n) is 2.04. The van der Waals surface area contributed by atoms with Gasteiger partial charge >= 0.3 is 0 Å². The van der Waals surface area contributed by atoms with E-state index >= 15 is 0 Å². The van der Waals surface area contributed by atoms with Gasteiger partial charge in [0.1, 0.15) is 12.4 Å². The van der Waals surface area contributed by atoms with Gasteiger partial charge < -0.3 is 23.9 Å². The number of ether oxygens (including phenoxy) is 3. The van der Waals surface area contributed by atoms with Crippen LogP contribution in [0, 0.1) is 0 Å². The minimum Gasteiger partial charge on any atom is -0.493 e. The van der Waals surface area contributed by atoms with Gasteiger partial charge in [-0.1, -0.05) is 6.07 Å². The molecule has 5 nitrogen and oxygen atoms in total. The zero-order valence-corrected chi connectivity index (χ0v) is 13.1. The molecule has 22 heavy (non-hydrogen) atoms. The molecule has 0 bridgehead atoms. The van der Waals surface area contributed by atoms with Crippen molar-refractivity contribution in [3.63, 3.8) is 0 Å². The fourth-order valence-corrected chi connectivity index (χ4v) is 2.04. The third-order valence-corrected chi connectivity index (χ3v) is 3.13. The van der Waals surface area contributed by atoms with Gasteiger partial charge in [-0.2, -0.15) is 0 Å². The molecule has 0 spiro atoms. The van der Waals surface area contributed by atoms with Crippen molar-refractivity contribution in [3.8, 4) is 11.5 Å². The lowest BCUT2D eigenvalue weighted by molar-refractivity contribution is 0.109. The molecule has 1 aromatic carbocycles. The van der Waals surface area contributed by atoms with Crippen molar-refractivity contribution in [2.45, 2.75) is 20.0 Å². The maximum absolute atomic E-state index is 5.66. The Morgan fingerprint density at radius 1 is 1.09 bits per heavy atom. The number of hydrogen-bond donors (Lipinski definition) is 1. The first-order chi connectivity index (χ1) is 10.8. The molecular weight excluding hydrogens is 282 g/mol. The maximum atomic E-state index is 5.66. The van der Waals surface area contributed by atoms with Crippen LogP contribution in [0.15, 0.2) is 41.0 Å². The van der Waals surface area contributed by atoms with Crippen molar-refractivity contribution in [3.05, 3.63) is 47.9 Å². The second-order valence-corrected chi connectivity index (χ2v) is 4.71. The van der Waals surface area contributed by atoms with E-state index in [0.717, 1.165) is 29.4 Å². The standard InChI is InChI=1S/C17H23NO4/c1-3-20-9-10-22-16-7-6-14(11-17(16)19-2)12-18-13-15-5-4-8-21-15/h4-8,11,18H,3,9-10,12-13H2,1-2H3. The molecule has 0 atom stereocenters. The summed E-state index contributed by atoms with van der Waals surface area (Å²) in [6, 6.07) is 9.75. The summed E-state index contributed by atoms with van der Waals surface area (Å²) in [5, 5.41) is 3.32. The lowest BCUT2D eigenvalue weighted by Crippen LogP contribution is -2.12.